The fourth-order valence-electron chi connectivity index (χ4n) is 2.36. The van der Waals surface area contributed by atoms with Crippen molar-refractivity contribution in [3.63, 3.8) is 0 Å². The second-order valence-electron chi connectivity index (χ2n) is 5.31. The number of hydrogen-bond donors (Lipinski definition) is 0. The Morgan fingerprint density at radius 1 is 1.17 bits per heavy atom. The van der Waals surface area contributed by atoms with Crippen molar-refractivity contribution in [2.45, 2.75) is 17.2 Å². The molecule has 0 bridgehead atoms. The Morgan fingerprint density at radius 2 is 2.00 bits per heavy atom. The molecule has 1 aliphatic heterocycles. The van der Waals surface area contributed by atoms with E-state index in [1.165, 1.54) is 29.8 Å². The second-order valence-corrected chi connectivity index (χ2v) is 7.88. The zero-order valence-corrected chi connectivity index (χ0v) is 14.3. The van der Waals surface area contributed by atoms with Crippen LogP contribution in [0.3, 0.4) is 0 Å². The summed E-state index contributed by atoms with van der Waals surface area (Å²) in [6.45, 7) is 4.25. The summed E-state index contributed by atoms with van der Waals surface area (Å²) in [5, 5.41) is 6.53. The first-order chi connectivity index (χ1) is 11.2. The van der Waals surface area contributed by atoms with E-state index in [9.17, 15) is 8.78 Å². The Bertz CT molecular complexity index is 645. The van der Waals surface area contributed by atoms with E-state index < -0.39 is 11.6 Å². The Hall–Kier alpha value is -1.27. The van der Waals surface area contributed by atoms with Gasteiger partial charge < -0.3 is 0 Å². The van der Waals surface area contributed by atoms with Crippen molar-refractivity contribution in [1.29, 1.82) is 0 Å². The molecular formula is C16H18F2N2O2Se. The molecule has 23 heavy (non-hydrogen) atoms. The molecule has 1 aliphatic rings. The van der Waals surface area contributed by atoms with Gasteiger partial charge in [-0.25, -0.2) is 8.78 Å². The van der Waals surface area contributed by atoms with E-state index in [0.29, 0.717) is 30.2 Å². The zero-order chi connectivity index (χ0) is 16.1. The van der Waals surface area contributed by atoms with Crippen LogP contribution in [0, 0.1) is 11.6 Å². The number of rotatable bonds is 6. The van der Waals surface area contributed by atoms with Crippen molar-refractivity contribution in [3.8, 4) is 11.3 Å². The van der Waals surface area contributed by atoms with E-state index >= 15 is 0 Å². The zero-order valence-electron chi connectivity index (χ0n) is 12.6. The first kappa shape index (κ1) is 16.6. The first-order valence-electron chi connectivity index (χ1n) is 7.51. The first-order valence-corrected chi connectivity index (χ1v) is 9.93. The van der Waals surface area contributed by atoms with Crippen molar-refractivity contribution < 1.29 is 18.0 Å². The molecule has 0 spiro atoms. The van der Waals surface area contributed by atoms with Gasteiger partial charge in [0.1, 0.15) is 0 Å². The Balaban J connectivity index is 1.48. The molecule has 1 aromatic carbocycles. The van der Waals surface area contributed by atoms with Gasteiger partial charge in [-0.2, -0.15) is 0 Å². The molecule has 3 rings (SSSR count). The smallest absolute Gasteiger partial charge is 0.204 e. The van der Waals surface area contributed by atoms with Gasteiger partial charge in [0.2, 0.25) is 0 Å². The Kier molecular flexibility index (Phi) is 5.78. The minimum Gasteiger partial charge on any atom is -0.204 e. The van der Waals surface area contributed by atoms with Crippen LogP contribution in [0.2, 0.25) is 10.6 Å². The molecule has 1 aromatic heterocycles. The molecule has 4 nitrogen and oxygen atoms in total. The van der Waals surface area contributed by atoms with E-state index in [1.807, 2.05) is 0 Å². The summed E-state index contributed by atoms with van der Waals surface area (Å²) in [5.41, 5.74) is 0.954. The van der Waals surface area contributed by atoms with Crippen molar-refractivity contribution in [1.82, 2.24) is 10.1 Å². The van der Waals surface area contributed by atoms with Gasteiger partial charge in [0.15, 0.2) is 11.6 Å². The summed E-state index contributed by atoms with van der Waals surface area (Å²) in [6, 6.07) is 5.35. The summed E-state index contributed by atoms with van der Waals surface area (Å²) in [5.74, 6) is -1.20. The molecule has 124 valence electrons. The quantitative estimate of drug-likeness (QED) is 0.564. The maximum atomic E-state index is 13.2. The normalized spacial score (nSPS) is 15.9. The molecule has 0 radical (unpaired) electrons. The third kappa shape index (κ3) is 4.61. The molecule has 0 saturated carbocycles. The molecule has 2 aromatic rings. The molecule has 2 heterocycles. The number of aromatic nitrogens is 1. The van der Waals surface area contributed by atoms with Gasteiger partial charge in [-0.15, -0.1) is 0 Å². The van der Waals surface area contributed by atoms with Crippen LogP contribution in [0.5, 0.6) is 0 Å². The fraction of sp³-hybridized carbons (Fsp3) is 0.438. The van der Waals surface area contributed by atoms with Gasteiger partial charge in [0, 0.05) is 0 Å². The third-order valence-electron chi connectivity index (χ3n) is 3.67. The molecule has 0 aliphatic carbocycles. The van der Waals surface area contributed by atoms with Gasteiger partial charge in [0.05, 0.1) is 0 Å². The van der Waals surface area contributed by atoms with E-state index in [1.54, 1.807) is 6.07 Å². The topological polar surface area (TPSA) is 38.5 Å². The Morgan fingerprint density at radius 3 is 2.78 bits per heavy atom. The van der Waals surface area contributed by atoms with Crippen LogP contribution >= 0.6 is 0 Å². The number of hydrogen-bond acceptors (Lipinski definition) is 4. The van der Waals surface area contributed by atoms with Crippen LogP contribution in [0.1, 0.15) is 5.76 Å². The van der Waals surface area contributed by atoms with Crippen LogP contribution in [0.15, 0.2) is 28.8 Å². The minimum absolute atomic E-state index is 0.328. The van der Waals surface area contributed by atoms with Gasteiger partial charge >= 0.3 is 113 Å². The van der Waals surface area contributed by atoms with Crippen molar-refractivity contribution in [2.24, 2.45) is 0 Å². The Labute approximate surface area is 139 Å². The van der Waals surface area contributed by atoms with Crippen molar-refractivity contribution >= 4 is 15.0 Å². The predicted molar refractivity (Wildman–Crippen MR) is 83.3 cm³/mol. The summed E-state index contributed by atoms with van der Waals surface area (Å²) < 4.78 is 37.0. The predicted octanol–water partition coefficient (Wildman–Crippen LogP) is 2.99. The summed E-state index contributed by atoms with van der Waals surface area (Å²) in [6.07, 6.45) is 0. The van der Waals surface area contributed by atoms with Crippen molar-refractivity contribution in [3.05, 3.63) is 41.7 Å². The minimum atomic E-state index is -0.897. The summed E-state index contributed by atoms with van der Waals surface area (Å²) in [4.78, 5) is 2.42. The third-order valence-corrected chi connectivity index (χ3v) is 5.65. The van der Waals surface area contributed by atoms with Gasteiger partial charge in [0.25, 0.3) is 0 Å². The van der Waals surface area contributed by atoms with Crippen LogP contribution in [0.25, 0.3) is 11.3 Å². The van der Waals surface area contributed by atoms with E-state index in [-0.39, 0.29) is 0 Å². The molecule has 7 heteroatoms. The average Bonchev–Trinajstić information content (AvgIpc) is 3.04. The van der Waals surface area contributed by atoms with Crippen molar-refractivity contribution in [2.75, 3.05) is 26.2 Å². The average molecular weight is 387 g/mol. The standard InChI is InChI=1S/C16H18F2N2O2Se/c17-14-2-1-12(9-15(14)18)16-10-13(22-19-16)11-21-6-3-20-4-7-23-8-5-20/h1-2,9-10H,3-8,11H2. The molecule has 0 amide bonds. The van der Waals surface area contributed by atoms with Crippen LogP contribution < -0.4 is 0 Å². The van der Waals surface area contributed by atoms with Gasteiger partial charge in [-0.1, -0.05) is 0 Å². The van der Waals surface area contributed by atoms with Crippen LogP contribution in [-0.2, 0) is 11.3 Å². The molecule has 0 unspecified atom stereocenters. The van der Waals surface area contributed by atoms with Crippen LogP contribution in [0.4, 0.5) is 8.78 Å². The molecular weight excluding hydrogens is 369 g/mol. The molecule has 0 atom stereocenters. The summed E-state index contributed by atoms with van der Waals surface area (Å²) >= 11 is 0.827. The summed E-state index contributed by atoms with van der Waals surface area (Å²) in [7, 11) is 0. The van der Waals surface area contributed by atoms with Crippen LogP contribution in [-0.4, -0.2) is 51.3 Å². The second kappa shape index (κ2) is 8.01. The number of nitrogens with zero attached hydrogens (tertiary/aromatic N) is 2. The molecule has 1 fully saturated rings. The number of benzene rings is 1. The fourth-order valence-corrected chi connectivity index (χ4v) is 4.42. The van der Waals surface area contributed by atoms with E-state index in [4.69, 9.17) is 9.26 Å². The van der Waals surface area contributed by atoms with E-state index in [2.05, 4.69) is 10.1 Å². The monoisotopic (exact) mass is 388 g/mol. The van der Waals surface area contributed by atoms with Gasteiger partial charge in [-0.05, 0) is 6.07 Å². The maximum absolute atomic E-state index is 13.2. The van der Waals surface area contributed by atoms with E-state index in [0.717, 1.165) is 33.6 Å². The SMILES string of the molecule is Fc1ccc(-c2cc(COCCN3CC[Se]CC3)on2)cc1F. The van der Waals surface area contributed by atoms with Gasteiger partial charge in [-0.3, -0.25) is 0 Å². The number of ether oxygens (including phenoxy) is 1. The molecule has 0 N–H and O–H groups in total. The number of halogens is 2. The molecule has 1 saturated heterocycles.